The van der Waals surface area contributed by atoms with E-state index in [2.05, 4.69) is 6.58 Å². The molecule has 0 radical (unpaired) electrons. The highest BCUT2D eigenvalue weighted by molar-refractivity contribution is 5.79. The smallest absolute Gasteiger partial charge is 0.153 e. The number of carbonyl (C=O) groups is 1. The van der Waals surface area contributed by atoms with Crippen LogP contribution in [-0.4, -0.2) is 26.6 Å². The molecule has 2 aromatic carbocycles. The Bertz CT molecular complexity index is 664. The number of benzene rings is 2. The standard InChI is InChI=1S/C19H20O4/c1-3-6-15-7-4-5-8-18(15)22-11-12-23-19-13-17(21-2)10-9-16(19)14-20/h3-5,7-10,13-14H,1,6,11-12H2,2H3. The van der Waals surface area contributed by atoms with E-state index in [0.29, 0.717) is 30.3 Å². The first-order chi connectivity index (χ1) is 11.3. The number of methoxy groups -OCH3 is 1. The number of hydrogen-bond acceptors (Lipinski definition) is 4. The quantitative estimate of drug-likeness (QED) is 0.402. The molecular weight excluding hydrogens is 292 g/mol. The molecule has 0 aliphatic heterocycles. The fourth-order valence-electron chi connectivity index (χ4n) is 2.14. The second-order valence-electron chi connectivity index (χ2n) is 4.82. The summed E-state index contributed by atoms with van der Waals surface area (Å²) in [6.45, 7) is 4.45. The van der Waals surface area contributed by atoms with Crippen LogP contribution in [0.1, 0.15) is 15.9 Å². The van der Waals surface area contributed by atoms with Crippen molar-refractivity contribution >= 4 is 6.29 Å². The maximum atomic E-state index is 11.0. The van der Waals surface area contributed by atoms with Crippen molar-refractivity contribution in [3.8, 4) is 17.2 Å². The maximum absolute atomic E-state index is 11.0. The van der Waals surface area contributed by atoms with Crippen molar-refractivity contribution in [2.75, 3.05) is 20.3 Å². The van der Waals surface area contributed by atoms with Crippen molar-refractivity contribution in [2.45, 2.75) is 6.42 Å². The van der Waals surface area contributed by atoms with Gasteiger partial charge in [-0.15, -0.1) is 6.58 Å². The SMILES string of the molecule is C=CCc1ccccc1OCCOc1cc(OC)ccc1C=O. The van der Waals surface area contributed by atoms with E-state index in [1.807, 2.05) is 30.3 Å². The van der Waals surface area contributed by atoms with E-state index >= 15 is 0 Å². The first kappa shape index (κ1) is 16.6. The van der Waals surface area contributed by atoms with Gasteiger partial charge in [-0.1, -0.05) is 24.3 Å². The van der Waals surface area contributed by atoms with Crippen LogP contribution in [0.15, 0.2) is 55.1 Å². The molecule has 0 aliphatic carbocycles. The van der Waals surface area contributed by atoms with Gasteiger partial charge in [0.2, 0.25) is 0 Å². The normalized spacial score (nSPS) is 9.96. The Kier molecular flexibility index (Phi) is 6.24. The topological polar surface area (TPSA) is 44.8 Å². The predicted octanol–water partition coefficient (Wildman–Crippen LogP) is 3.69. The average Bonchev–Trinajstić information content (AvgIpc) is 2.60. The zero-order chi connectivity index (χ0) is 16.5. The van der Waals surface area contributed by atoms with Crippen LogP contribution >= 0.6 is 0 Å². The van der Waals surface area contributed by atoms with Crippen LogP contribution in [-0.2, 0) is 6.42 Å². The molecule has 0 heterocycles. The number of rotatable bonds is 9. The minimum atomic E-state index is 0.330. The summed E-state index contributed by atoms with van der Waals surface area (Å²) < 4.78 is 16.5. The van der Waals surface area contributed by atoms with E-state index in [1.165, 1.54) is 0 Å². The van der Waals surface area contributed by atoms with Crippen LogP contribution in [0.5, 0.6) is 17.2 Å². The van der Waals surface area contributed by atoms with Crippen molar-refractivity contribution in [1.82, 2.24) is 0 Å². The lowest BCUT2D eigenvalue weighted by Crippen LogP contribution is -2.11. The van der Waals surface area contributed by atoms with Gasteiger partial charge in [-0.3, -0.25) is 4.79 Å². The summed E-state index contributed by atoms with van der Waals surface area (Å²) in [5, 5.41) is 0. The second-order valence-corrected chi connectivity index (χ2v) is 4.82. The molecule has 0 bridgehead atoms. The summed E-state index contributed by atoms with van der Waals surface area (Å²) in [4.78, 5) is 11.0. The van der Waals surface area contributed by atoms with Crippen LogP contribution in [0, 0.1) is 0 Å². The van der Waals surface area contributed by atoms with Gasteiger partial charge < -0.3 is 14.2 Å². The summed E-state index contributed by atoms with van der Waals surface area (Å²) in [7, 11) is 1.57. The molecule has 0 fully saturated rings. The number of allylic oxidation sites excluding steroid dienone is 1. The Labute approximate surface area is 136 Å². The molecule has 2 aromatic rings. The lowest BCUT2D eigenvalue weighted by Gasteiger charge is -2.12. The fraction of sp³-hybridized carbons (Fsp3) is 0.211. The van der Waals surface area contributed by atoms with Crippen LogP contribution < -0.4 is 14.2 Å². The van der Waals surface area contributed by atoms with Crippen LogP contribution in [0.3, 0.4) is 0 Å². The number of hydrogen-bond donors (Lipinski definition) is 0. The first-order valence-electron chi connectivity index (χ1n) is 7.36. The molecule has 120 valence electrons. The van der Waals surface area contributed by atoms with Gasteiger partial charge in [-0.2, -0.15) is 0 Å². The van der Waals surface area contributed by atoms with Gasteiger partial charge >= 0.3 is 0 Å². The van der Waals surface area contributed by atoms with Crippen LogP contribution in [0.2, 0.25) is 0 Å². The number of para-hydroxylation sites is 1. The molecule has 0 unspecified atom stereocenters. The molecule has 0 spiro atoms. The molecule has 0 saturated heterocycles. The molecule has 4 nitrogen and oxygen atoms in total. The summed E-state index contributed by atoms with van der Waals surface area (Å²) in [6.07, 6.45) is 3.35. The third kappa shape index (κ3) is 4.61. The van der Waals surface area contributed by atoms with E-state index in [4.69, 9.17) is 14.2 Å². The van der Waals surface area contributed by atoms with Crippen molar-refractivity contribution in [3.63, 3.8) is 0 Å². The van der Waals surface area contributed by atoms with Gasteiger partial charge in [-0.05, 0) is 30.2 Å². The Balaban J connectivity index is 1.93. The highest BCUT2D eigenvalue weighted by Gasteiger charge is 2.06. The van der Waals surface area contributed by atoms with E-state index in [9.17, 15) is 4.79 Å². The minimum absolute atomic E-state index is 0.330. The zero-order valence-electron chi connectivity index (χ0n) is 13.2. The van der Waals surface area contributed by atoms with E-state index < -0.39 is 0 Å². The Morgan fingerprint density at radius 1 is 1.04 bits per heavy atom. The lowest BCUT2D eigenvalue weighted by molar-refractivity contribution is 0.111. The van der Waals surface area contributed by atoms with Crippen molar-refractivity contribution in [3.05, 3.63) is 66.2 Å². The minimum Gasteiger partial charge on any atom is -0.497 e. The summed E-state index contributed by atoms with van der Waals surface area (Å²) >= 11 is 0. The fourth-order valence-corrected chi connectivity index (χ4v) is 2.14. The molecule has 0 saturated carbocycles. The molecule has 4 heteroatoms. The van der Waals surface area contributed by atoms with Gasteiger partial charge in [0, 0.05) is 6.07 Å². The number of carbonyl (C=O) groups excluding carboxylic acids is 1. The van der Waals surface area contributed by atoms with Gasteiger partial charge in [0.25, 0.3) is 0 Å². The van der Waals surface area contributed by atoms with Crippen LogP contribution in [0.4, 0.5) is 0 Å². The first-order valence-corrected chi connectivity index (χ1v) is 7.36. The number of aldehydes is 1. The molecule has 0 N–H and O–H groups in total. The van der Waals surface area contributed by atoms with Gasteiger partial charge in [-0.25, -0.2) is 0 Å². The van der Waals surface area contributed by atoms with Crippen molar-refractivity contribution in [2.24, 2.45) is 0 Å². The third-order valence-electron chi connectivity index (χ3n) is 3.28. The molecule has 2 rings (SSSR count). The summed E-state index contributed by atoms with van der Waals surface area (Å²) in [5.41, 5.74) is 1.57. The molecular formula is C19H20O4. The average molecular weight is 312 g/mol. The molecule has 0 atom stereocenters. The van der Waals surface area contributed by atoms with Crippen LogP contribution in [0.25, 0.3) is 0 Å². The largest absolute Gasteiger partial charge is 0.497 e. The monoisotopic (exact) mass is 312 g/mol. The van der Waals surface area contributed by atoms with E-state index in [0.717, 1.165) is 24.0 Å². The highest BCUT2D eigenvalue weighted by atomic mass is 16.5. The summed E-state index contributed by atoms with van der Waals surface area (Å²) in [5.74, 6) is 1.95. The van der Waals surface area contributed by atoms with E-state index in [-0.39, 0.29) is 0 Å². The van der Waals surface area contributed by atoms with Crippen molar-refractivity contribution < 1.29 is 19.0 Å². The number of ether oxygens (including phenoxy) is 3. The Morgan fingerprint density at radius 2 is 1.78 bits per heavy atom. The van der Waals surface area contributed by atoms with Gasteiger partial charge in [0.15, 0.2) is 6.29 Å². The molecule has 23 heavy (non-hydrogen) atoms. The molecule has 0 aliphatic rings. The van der Waals surface area contributed by atoms with E-state index in [1.54, 1.807) is 25.3 Å². The Morgan fingerprint density at radius 3 is 2.48 bits per heavy atom. The lowest BCUT2D eigenvalue weighted by atomic mass is 10.1. The summed E-state index contributed by atoms with van der Waals surface area (Å²) in [6, 6.07) is 12.9. The van der Waals surface area contributed by atoms with Crippen molar-refractivity contribution in [1.29, 1.82) is 0 Å². The highest BCUT2D eigenvalue weighted by Crippen LogP contribution is 2.24. The predicted molar refractivity (Wildman–Crippen MR) is 89.7 cm³/mol. The second kappa shape index (κ2) is 8.63. The van der Waals surface area contributed by atoms with Gasteiger partial charge in [0.1, 0.15) is 30.5 Å². The maximum Gasteiger partial charge on any atom is 0.153 e. The Hall–Kier alpha value is -2.75. The molecule has 0 aromatic heterocycles. The van der Waals surface area contributed by atoms with Gasteiger partial charge in [0.05, 0.1) is 12.7 Å². The third-order valence-corrected chi connectivity index (χ3v) is 3.28. The zero-order valence-corrected chi connectivity index (χ0v) is 13.2. The molecule has 0 amide bonds.